The van der Waals surface area contributed by atoms with E-state index in [1.807, 2.05) is 0 Å². The molecular weight excluding hydrogens is 364 g/mol. The lowest BCUT2D eigenvalue weighted by Crippen LogP contribution is -2.53. The molecule has 0 fully saturated rings. The van der Waals surface area contributed by atoms with Crippen molar-refractivity contribution < 1.29 is 19.5 Å². The zero-order valence-electron chi connectivity index (χ0n) is 17.2. The first-order valence-electron chi connectivity index (χ1n) is 9.91. The van der Waals surface area contributed by atoms with Crippen molar-refractivity contribution in [1.82, 2.24) is 20.9 Å². The van der Waals surface area contributed by atoms with Gasteiger partial charge in [-0.05, 0) is 64.8 Å². The van der Waals surface area contributed by atoms with Crippen molar-refractivity contribution in [2.45, 2.75) is 50.6 Å². The summed E-state index contributed by atoms with van der Waals surface area (Å²) in [6.45, 7) is 3.35. The molecule has 8 N–H and O–H groups in total. The average Bonchev–Trinajstić information content (AvgIpc) is 2.65. The molecule has 0 radical (unpaired) electrons. The van der Waals surface area contributed by atoms with Crippen LogP contribution in [-0.2, 0) is 14.4 Å². The first-order valence-corrected chi connectivity index (χ1v) is 9.91. The SMILES string of the molecule is CN(C)C(=O)C(CCC(=O)O)NC(=O)C(CCCNCCCN)NCCCN. The number of carbonyl (C=O) groups excluding carboxylic acids is 2. The topological polar surface area (TPSA) is 163 Å². The number of nitrogens with two attached hydrogens (primary N) is 2. The highest BCUT2D eigenvalue weighted by Crippen LogP contribution is 2.04. The van der Waals surface area contributed by atoms with Crippen LogP contribution >= 0.6 is 0 Å². The van der Waals surface area contributed by atoms with Crippen LogP contribution in [0.2, 0.25) is 0 Å². The molecule has 0 saturated carbocycles. The zero-order chi connectivity index (χ0) is 21.4. The molecular formula is C18H38N6O4. The summed E-state index contributed by atoms with van der Waals surface area (Å²) < 4.78 is 0. The molecule has 0 aromatic heterocycles. The first-order chi connectivity index (χ1) is 13.3. The van der Waals surface area contributed by atoms with Crippen molar-refractivity contribution in [2.75, 3.05) is 46.8 Å². The second-order valence-corrected chi connectivity index (χ2v) is 6.91. The number of rotatable bonds is 17. The number of hydrogen-bond donors (Lipinski definition) is 6. The molecule has 0 aromatic carbocycles. The van der Waals surface area contributed by atoms with Crippen LogP contribution in [0.1, 0.15) is 38.5 Å². The van der Waals surface area contributed by atoms with Gasteiger partial charge in [-0.15, -0.1) is 0 Å². The van der Waals surface area contributed by atoms with Gasteiger partial charge < -0.3 is 37.4 Å². The third-order valence-electron chi connectivity index (χ3n) is 4.19. The summed E-state index contributed by atoms with van der Waals surface area (Å²) in [5.74, 6) is -1.63. The van der Waals surface area contributed by atoms with Gasteiger partial charge in [-0.25, -0.2) is 0 Å². The summed E-state index contributed by atoms with van der Waals surface area (Å²) in [5, 5.41) is 18.1. The van der Waals surface area contributed by atoms with E-state index in [-0.39, 0.29) is 24.7 Å². The first kappa shape index (κ1) is 26.2. The van der Waals surface area contributed by atoms with Gasteiger partial charge in [0.2, 0.25) is 11.8 Å². The number of carboxylic acids is 1. The highest BCUT2D eigenvalue weighted by Gasteiger charge is 2.26. The maximum Gasteiger partial charge on any atom is 0.303 e. The molecule has 10 nitrogen and oxygen atoms in total. The second kappa shape index (κ2) is 16.2. The molecule has 0 bridgehead atoms. The van der Waals surface area contributed by atoms with Crippen molar-refractivity contribution in [3.05, 3.63) is 0 Å². The summed E-state index contributed by atoms with van der Waals surface area (Å²) in [6, 6.07) is -1.33. The molecule has 2 atom stereocenters. The highest BCUT2D eigenvalue weighted by molar-refractivity contribution is 5.89. The van der Waals surface area contributed by atoms with Crippen LogP contribution in [0.3, 0.4) is 0 Å². The minimum atomic E-state index is -1.01. The van der Waals surface area contributed by atoms with E-state index in [1.165, 1.54) is 4.90 Å². The Kier molecular flexibility index (Phi) is 15.2. The van der Waals surface area contributed by atoms with Crippen LogP contribution in [0.5, 0.6) is 0 Å². The Balaban J connectivity index is 4.78. The largest absolute Gasteiger partial charge is 0.481 e. The number of aliphatic carboxylic acids is 1. The molecule has 0 rings (SSSR count). The van der Waals surface area contributed by atoms with Gasteiger partial charge in [0.25, 0.3) is 0 Å². The van der Waals surface area contributed by atoms with Crippen molar-refractivity contribution in [3.63, 3.8) is 0 Å². The Bertz CT molecular complexity index is 461. The van der Waals surface area contributed by atoms with E-state index in [0.29, 0.717) is 26.1 Å². The smallest absolute Gasteiger partial charge is 0.303 e. The molecule has 2 unspecified atom stereocenters. The summed E-state index contributed by atoms with van der Waals surface area (Å²) in [6.07, 6.45) is 2.86. The van der Waals surface area contributed by atoms with E-state index < -0.39 is 18.1 Å². The molecule has 10 heteroatoms. The lowest BCUT2D eigenvalue weighted by atomic mass is 10.1. The molecule has 0 spiro atoms. The van der Waals surface area contributed by atoms with Gasteiger partial charge in [-0.2, -0.15) is 0 Å². The van der Waals surface area contributed by atoms with Crippen LogP contribution < -0.4 is 27.4 Å². The van der Waals surface area contributed by atoms with Crippen LogP contribution in [-0.4, -0.2) is 86.7 Å². The molecule has 0 heterocycles. The monoisotopic (exact) mass is 402 g/mol. The third-order valence-corrected chi connectivity index (χ3v) is 4.19. The Labute approximate surface area is 167 Å². The zero-order valence-corrected chi connectivity index (χ0v) is 17.2. The van der Waals surface area contributed by atoms with E-state index in [1.54, 1.807) is 14.1 Å². The fraction of sp³-hybridized carbons (Fsp3) is 0.833. The predicted molar refractivity (Wildman–Crippen MR) is 109 cm³/mol. The highest BCUT2D eigenvalue weighted by atomic mass is 16.4. The van der Waals surface area contributed by atoms with Crippen LogP contribution in [0.15, 0.2) is 0 Å². The van der Waals surface area contributed by atoms with Gasteiger partial charge in [-0.1, -0.05) is 0 Å². The van der Waals surface area contributed by atoms with Gasteiger partial charge >= 0.3 is 5.97 Å². The fourth-order valence-electron chi connectivity index (χ4n) is 2.60. The summed E-state index contributed by atoms with van der Waals surface area (Å²) in [4.78, 5) is 37.2. The Morgan fingerprint density at radius 3 is 2.11 bits per heavy atom. The van der Waals surface area contributed by atoms with Gasteiger partial charge in [0.1, 0.15) is 6.04 Å². The number of likely N-dealkylation sites (N-methyl/N-ethyl adjacent to an activating group) is 1. The van der Waals surface area contributed by atoms with E-state index in [2.05, 4.69) is 16.0 Å². The van der Waals surface area contributed by atoms with Gasteiger partial charge in [0.15, 0.2) is 0 Å². The van der Waals surface area contributed by atoms with Crippen LogP contribution in [0, 0.1) is 0 Å². The van der Waals surface area contributed by atoms with E-state index in [9.17, 15) is 14.4 Å². The molecule has 0 saturated heterocycles. The number of hydrogen-bond acceptors (Lipinski definition) is 7. The van der Waals surface area contributed by atoms with Crippen molar-refractivity contribution in [2.24, 2.45) is 11.5 Å². The normalized spacial score (nSPS) is 13.0. The summed E-state index contributed by atoms with van der Waals surface area (Å²) in [5.41, 5.74) is 11.0. The van der Waals surface area contributed by atoms with Gasteiger partial charge in [0.05, 0.1) is 6.04 Å². The Hall–Kier alpha value is -1.75. The average molecular weight is 403 g/mol. The second-order valence-electron chi connectivity index (χ2n) is 6.91. The summed E-state index contributed by atoms with van der Waals surface area (Å²) >= 11 is 0. The molecule has 28 heavy (non-hydrogen) atoms. The fourth-order valence-corrected chi connectivity index (χ4v) is 2.60. The van der Waals surface area contributed by atoms with E-state index in [4.69, 9.17) is 16.6 Å². The molecule has 0 aromatic rings. The van der Waals surface area contributed by atoms with Crippen molar-refractivity contribution in [3.8, 4) is 0 Å². The maximum absolute atomic E-state index is 12.7. The quantitative estimate of drug-likeness (QED) is 0.159. The number of carboxylic acid groups (broad SMARTS) is 1. The summed E-state index contributed by atoms with van der Waals surface area (Å²) in [7, 11) is 3.15. The molecule has 164 valence electrons. The third kappa shape index (κ3) is 12.6. The van der Waals surface area contributed by atoms with Crippen LogP contribution in [0.25, 0.3) is 0 Å². The number of nitrogens with one attached hydrogen (secondary N) is 3. The standard InChI is InChI=1S/C18H38N6O4/c1-24(2)18(28)15(7-8-16(25)26)23-17(27)14(22-13-5-10-20)6-3-11-21-12-4-9-19/h14-15,21-22H,3-13,19-20H2,1-2H3,(H,23,27)(H,25,26). The molecule has 0 aliphatic carbocycles. The predicted octanol–water partition coefficient (Wildman–Crippen LogP) is -1.55. The number of carbonyl (C=O) groups is 3. The minimum absolute atomic E-state index is 0.0499. The van der Waals surface area contributed by atoms with E-state index in [0.717, 1.165) is 32.4 Å². The molecule has 0 aliphatic rings. The van der Waals surface area contributed by atoms with Gasteiger partial charge in [-0.3, -0.25) is 14.4 Å². The van der Waals surface area contributed by atoms with Crippen molar-refractivity contribution >= 4 is 17.8 Å². The van der Waals surface area contributed by atoms with Crippen LogP contribution in [0.4, 0.5) is 0 Å². The molecule has 0 aliphatic heterocycles. The maximum atomic E-state index is 12.7. The lowest BCUT2D eigenvalue weighted by Gasteiger charge is -2.25. The number of amides is 2. The van der Waals surface area contributed by atoms with Crippen molar-refractivity contribution in [1.29, 1.82) is 0 Å². The lowest BCUT2D eigenvalue weighted by molar-refractivity contribution is -0.139. The number of nitrogens with zero attached hydrogens (tertiary/aromatic N) is 1. The molecule has 2 amide bonds. The van der Waals surface area contributed by atoms with E-state index >= 15 is 0 Å². The van der Waals surface area contributed by atoms with Gasteiger partial charge in [0, 0.05) is 20.5 Å². The minimum Gasteiger partial charge on any atom is -0.481 e. The Morgan fingerprint density at radius 2 is 1.54 bits per heavy atom. The Morgan fingerprint density at radius 1 is 0.929 bits per heavy atom.